The fraction of sp³-hybridized carbons (Fsp3) is 0.576. The molecule has 238 valence electrons. The summed E-state index contributed by atoms with van der Waals surface area (Å²) in [6.45, 7) is 9.47. The van der Waals surface area contributed by atoms with Crippen molar-refractivity contribution in [2.75, 3.05) is 19.7 Å². The summed E-state index contributed by atoms with van der Waals surface area (Å²) in [5.41, 5.74) is -1.39. The number of nitrogens with one attached hydrogen (secondary N) is 1. The van der Waals surface area contributed by atoms with Gasteiger partial charge in [0.15, 0.2) is 0 Å². The summed E-state index contributed by atoms with van der Waals surface area (Å²) >= 11 is 3.58. The Kier molecular flexibility index (Phi) is 9.13. The van der Waals surface area contributed by atoms with Crippen LogP contribution < -0.4 is 5.32 Å². The average Bonchev–Trinajstić information content (AvgIpc) is 3.55. The van der Waals surface area contributed by atoms with Crippen molar-refractivity contribution in [1.82, 2.24) is 15.1 Å². The van der Waals surface area contributed by atoms with Gasteiger partial charge < -0.3 is 29.7 Å². The zero-order chi connectivity index (χ0) is 32.0. The molecule has 5 bridgehead atoms. The van der Waals surface area contributed by atoms with E-state index in [1.165, 1.54) is 4.90 Å². The number of likely N-dealkylation sites (tertiary alicyclic amines) is 1. The third kappa shape index (κ3) is 5.63. The van der Waals surface area contributed by atoms with Gasteiger partial charge in [0.1, 0.15) is 29.8 Å². The van der Waals surface area contributed by atoms with E-state index in [0.29, 0.717) is 16.5 Å². The average molecular weight is 673 g/mol. The summed E-state index contributed by atoms with van der Waals surface area (Å²) in [5.74, 6) is -3.88. The fourth-order valence-electron chi connectivity index (χ4n) is 6.95. The Morgan fingerprint density at radius 2 is 1.80 bits per heavy atom. The number of hydrogen-bond donors (Lipinski definition) is 2. The monoisotopic (exact) mass is 671 g/mol. The highest BCUT2D eigenvalue weighted by molar-refractivity contribution is 9.11. The van der Waals surface area contributed by atoms with Crippen LogP contribution in [0.15, 0.2) is 53.0 Å². The summed E-state index contributed by atoms with van der Waals surface area (Å²) in [6, 6.07) is 7.32. The van der Waals surface area contributed by atoms with Gasteiger partial charge in [0, 0.05) is 23.0 Å². The van der Waals surface area contributed by atoms with Crippen molar-refractivity contribution in [2.24, 2.45) is 17.8 Å². The SMILES string of the molecule is CC(C)[C@H](CO)N1C(=O)[C@@H]2[C@H]3C(=O)O[C@@H](c4ccccc4)CNC(=O)CC/C=C\CN(C(C)(C)C)C(=O)[C@@H]1[C@]21C=C(Br)[C@H]3O1. The van der Waals surface area contributed by atoms with Crippen LogP contribution in [0.4, 0.5) is 0 Å². The molecule has 10 nitrogen and oxygen atoms in total. The van der Waals surface area contributed by atoms with Crippen molar-refractivity contribution in [3.8, 4) is 0 Å². The lowest BCUT2D eigenvalue weighted by atomic mass is 9.74. The molecule has 11 heteroatoms. The van der Waals surface area contributed by atoms with Gasteiger partial charge in [0.25, 0.3) is 0 Å². The number of carbonyl (C=O) groups is 4. The lowest BCUT2D eigenvalue weighted by molar-refractivity contribution is -0.161. The minimum absolute atomic E-state index is 0.0578. The molecule has 4 heterocycles. The molecule has 1 aromatic carbocycles. The zero-order valence-corrected chi connectivity index (χ0v) is 27.5. The van der Waals surface area contributed by atoms with Crippen LogP contribution in [-0.2, 0) is 28.7 Å². The fourth-order valence-corrected chi connectivity index (χ4v) is 7.68. The Bertz CT molecular complexity index is 1360. The molecule has 5 rings (SSSR count). The van der Waals surface area contributed by atoms with E-state index in [4.69, 9.17) is 9.47 Å². The molecule has 0 saturated carbocycles. The number of rotatable bonds is 4. The van der Waals surface area contributed by atoms with E-state index in [-0.39, 0.29) is 43.8 Å². The Hall–Kier alpha value is -3.02. The van der Waals surface area contributed by atoms with Crippen molar-refractivity contribution in [3.05, 3.63) is 58.6 Å². The second-order valence-electron chi connectivity index (χ2n) is 13.3. The van der Waals surface area contributed by atoms with Crippen molar-refractivity contribution in [2.45, 2.75) is 82.9 Å². The number of esters is 1. The summed E-state index contributed by atoms with van der Waals surface area (Å²) < 4.78 is 13.2. The van der Waals surface area contributed by atoms with E-state index in [9.17, 15) is 24.3 Å². The summed E-state index contributed by atoms with van der Waals surface area (Å²) in [6.07, 6.45) is 4.54. The van der Waals surface area contributed by atoms with Crippen molar-refractivity contribution in [1.29, 1.82) is 0 Å². The molecule has 44 heavy (non-hydrogen) atoms. The summed E-state index contributed by atoms with van der Waals surface area (Å²) in [5, 5.41) is 13.4. The number of halogens is 1. The van der Waals surface area contributed by atoms with Crippen molar-refractivity contribution in [3.63, 3.8) is 0 Å². The Labute approximate surface area is 266 Å². The molecule has 1 spiro atoms. The standard InChI is InChI=1S/C33H42BrN3O7/c1-19(2)22(18-38)37-28-30(41)36(32(3,4)5)15-11-7-10-14-24(39)35-17-23(20-12-8-6-9-13-20)43-31(42)25-26(29(37)40)33(28)16-21(34)27(25)44-33/h6-9,11-13,16,19,22-23,25-28,38H,10,14-15,17-18H2,1-5H3,(H,35,39)/b11-7-/t22-,23+,25+,26-,27+,28+,33-/m0/s1. The van der Waals surface area contributed by atoms with Gasteiger partial charge in [-0.3, -0.25) is 19.2 Å². The smallest absolute Gasteiger partial charge is 0.313 e. The molecule has 2 N–H and O–H groups in total. The lowest BCUT2D eigenvalue weighted by Gasteiger charge is -2.43. The molecule has 0 aromatic heterocycles. The Morgan fingerprint density at radius 1 is 1.09 bits per heavy atom. The maximum atomic E-state index is 14.8. The second kappa shape index (κ2) is 12.4. The van der Waals surface area contributed by atoms with Gasteiger partial charge in [-0.1, -0.05) is 72.3 Å². The number of allylic oxidation sites excluding steroid dienone is 1. The second-order valence-corrected chi connectivity index (χ2v) is 14.3. The Morgan fingerprint density at radius 3 is 2.43 bits per heavy atom. The zero-order valence-electron chi connectivity index (χ0n) is 25.9. The molecule has 1 aromatic rings. The van der Waals surface area contributed by atoms with Crippen LogP contribution in [-0.4, -0.2) is 87.6 Å². The molecule has 2 fully saturated rings. The number of carbonyl (C=O) groups excluding carboxylic acids is 4. The number of aliphatic hydroxyl groups excluding tert-OH is 1. The number of nitrogens with zero attached hydrogens (tertiary/aromatic N) is 2. The maximum Gasteiger partial charge on any atom is 0.313 e. The van der Waals surface area contributed by atoms with E-state index in [2.05, 4.69) is 21.2 Å². The van der Waals surface area contributed by atoms with Crippen LogP contribution in [0.2, 0.25) is 0 Å². The van der Waals surface area contributed by atoms with Gasteiger partial charge in [0.05, 0.1) is 25.1 Å². The molecule has 0 aliphatic carbocycles. The highest BCUT2D eigenvalue weighted by Crippen LogP contribution is 2.59. The van der Waals surface area contributed by atoms with Crippen LogP contribution >= 0.6 is 15.9 Å². The molecule has 4 aliphatic heterocycles. The van der Waals surface area contributed by atoms with Crippen LogP contribution in [0.25, 0.3) is 0 Å². The van der Waals surface area contributed by atoms with Gasteiger partial charge in [-0.15, -0.1) is 0 Å². The molecule has 0 radical (unpaired) electrons. The molecular weight excluding hydrogens is 630 g/mol. The third-order valence-electron chi connectivity index (χ3n) is 9.17. The number of fused-ring (bicyclic) bond motifs is 2. The molecule has 7 atom stereocenters. The first-order chi connectivity index (χ1) is 20.8. The molecule has 4 aliphatic rings. The van der Waals surface area contributed by atoms with Crippen LogP contribution in [0.1, 0.15) is 59.1 Å². The lowest BCUT2D eigenvalue weighted by Crippen LogP contribution is -2.62. The minimum Gasteiger partial charge on any atom is -0.455 e. The highest BCUT2D eigenvalue weighted by atomic mass is 79.9. The normalized spacial score (nSPS) is 32.8. The van der Waals surface area contributed by atoms with E-state index >= 15 is 0 Å². The van der Waals surface area contributed by atoms with Gasteiger partial charge in [0.2, 0.25) is 17.7 Å². The van der Waals surface area contributed by atoms with Gasteiger partial charge in [-0.2, -0.15) is 0 Å². The number of aliphatic hydroxyl groups is 1. The van der Waals surface area contributed by atoms with Crippen LogP contribution in [0.5, 0.6) is 0 Å². The van der Waals surface area contributed by atoms with Gasteiger partial charge >= 0.3 is 5.97 Å². The first-order valence-corrected chi connectivity index (χ1v) is 16.1. The number of amides is 3. The first-order valence-electron chi connectivity index (χ1n) is 15.3. The van der Waals surface area contributed by atoms with E-state index < -0.39 is 59.1 Å². The topological polar surface area (TPSA) is 125 Å². The molecule has 3 amide bonds. The van der Waals surface area contributed by atoms with E-state index in [1.807, 2.05) is 77.1 Å². The quantitative estimate of drug-likeness (QED) is 0.372. The predicted molar refractivity (Wildman–Crippen MR) is 166 cm³/mol. The summed E-state index contributed by atoms with van der Waals surface area (Å²) in [7, 11) is 0. The van der Waals surface area contributed by atoms with Crippen LogP contribution in [0, 0.1) is 17.8 Å². The minimum atomic E-state index is -1.44. The van der Waals surface area contributed by atoms with Crippen molar-refractivity contribution >= 4 is 39.6 Å². The predicted octanol–water partition coefficient (Wildman–Crippen LogP) is 3.25. The van der Waals surface area contributed by atoms with E-state index in [1.54, 1.807) is 11.0 Å². The number of benzene rings is 1. The maximum absolute atomic E-state index is 14.8. The number of cyclic esters (lactones) is 1. The molecular formula is C33H42BrN3O7. The number of ether oxygens (including phenoxy) is 2. The summed E-state index contributed by atoms with van der Waals surface area (Å²) in [4.78, 5) is 59.3. The highest BCUT2D eigenvalue weighted by Gasteiger charge is 2.75. The number of hydrogen-bond acceptors (Lipinski definition) is 7. The third-order valence-corrected chi connectivity index (χ3v) is 9.85. The Balaban J connectivity index is 1.64. The van der Waals surface area contributed by atoms with E-state index in [0.717, 1.165) is 0 Å². The molecule has 0 unspecified atom stereocenters. The van der Waals surface area contributed by atoms with Gasteiger partial charge in [-0.25, -0.2) is 0 Å². The van der Waals surface area contributed by atoms with Crippen LogP contribution in [0.3, 0.4) is 0 Å². The van der Waals surface area contributed by atoms with Gasteiger partial charge in [-0.05, 0) is 44.7 Å². The largest absolute Gasteiger partial charge is 0.455 e. The van der Waals surface area contributed by atoms with Crippen molar-refractivity contribution < 1.29 is 33.8 Å². The first kappa shape index (κ1) is 32.4. The molecule has 2 saturated heterocycles.